The topological polar surface area (TPSA) is 88.4 Å². The van der Waals surface area contributed by atoms with Crippen molar-refractivity contribution in [3.05, 3.63) is 52.5 Å². The molecule has 2 aromatic heterocycles. The zero-order valence-electron chi connectivity index (χ0n) is 15.5. The molecule has 0 radical (unpaired) electrons. The molecule has 146 valence electrons. The highest BCUT2D eigenvalue weighted by Crippen LogP contribution is 2.32. The molecule has 0 saturated carbocycles. The van der Waals surface area contributed by atoms with Crippen molar-refractivity contribution in [2.75, 3.05) is 16.8 Å². The molecule has 1 amide bonds. The predicted octanol–water partition coefficient (Wildman–Crippen LogP) is 3.79. The first-order valence-corrected chi connectivity index (χ1v) is 10.7. The van der Waals surface area contributed by atoms with Gasteiger partial charge in [0.15, 0.2) is 0 Å². The fraction of sp³-hybridized carbons (Fsp3) is 0.250. The van der Waals surface area contributed by atoms with Gasteiger partial charge in [0.1, 0.15) is 5.00 Å². The minimum Gasteiger partial charge on any atom is -0.481 e. The molecule has 1 aromatic carbocycles. The quantitative estimate of drug-likeness (QED) is 0.546. The van der Waals surface area contributed by atoms with E-state index in [4.69, 9.17) is 5.11 Å². The molecule has 0 fully saturated rings. The molecule has 0 atom stereocenters. The number of carboxylic acids is 1. The van der Waals surface area contributed by atoms with Gasteiger partial charge in [-0.15, -0.1) is 23.1 Å². The summed E-state index contributed by atoms with van der Waals surface area (Å²) in [6.07, 6.45) is 0.754. The second-order valence-corrected chi connectivity index (χ2v) is 8.34. The number of carbonyl (C=O) groups is 3. The number of nitrogens with zero attached hydrogens (tertiary/aromatic N) is 1. The average molecular weight is 417 g/mol. The summed E-state index contributed by atoms with van der Waals surface area (Å²) in [6, 6.07) is 11.5. The molecule has 3 aromatic rings. The number of nitrogens with one attached hydrogen (secondary N) is 1. The van der Waals surface area contributed by atoms with E-state index in [1.165, 1.54) is 11.3 Å². The Hall–Kier alpha value is -2.58. The SMILES string of the molecule is CCc1cc(C(=O)c2cc3ccccc3n2C)c(NC(=O)CSCC(=O)O)s1. The largest absolute Gasteiger partial charge is 0.481 e. The number of ketones is 1. The molecule has 28 heavy (non-hydrogen) atoms. The van der Waals surface area contributed by atoms with Gasteiger partial charge in [-0.3, -0.25) is 14.4 Å². The highest BCUT2D eigenvalue weighted by atomic mass is 32.2. The van der Waals surface area contributed by atoms with Gasteiger partial charge in [-0.05, 0) is 24.6 Å². The van der Waals surface area contributed by atoms with Crippen molar-refractivity contribution in [3.63, 3.8) is 0 Å². The Morgan fingerprint density at radius 1 is 1.18 bits per heavy atom. The second kappa shape index (κ2) is 8.62. The van der Waals surface area contributed by atoms with Crippen molar-refractivity contribution in [3.8, 4) is 0 Å². The number of aromatic nitrogens is 1. The lowest BCUT2D eigenvalue weighted by Gasteiger charge is -2.07. The molecule has 8 heteroatoms. The molecular formula is C20H20N2O4S2. The number of hydrogen-bond acceptors (Lipinski definition) is 5. The summed E-state index contributed by atoms with van der Waals surface area (Å²) in [6.45, 7) is 1.99. The van der Waals surface area contributed by atoms with E-state index in [2.05, 4.69) is 5.32 Å². The summed E-state index contributed by atoms with van der Waals surface area (Å²) in [7, 11) is 1.85. The molecule has 0 saturated heterocycles. The summed E-state index contributed by atoms with van der Waals surface area (Å²) >= 11 is 2.40. The van der Waals surface area contributed by atoms with Gasteiger partial charge in [0, 0.05) is 22.8 Å². The number of thiophene rings is 1. The minimum atomic E-state index is -0.964. The van der Waals surface area contributed by atoms with Crippen LogP contribution in [-0.2, 0) is 23.1 Å². The second-order valence-electron chi connectivity index (χ2n) is 6.22. The van der Waals surface area contributed by atoms with Crippen molar-refractivity contribution in [2.24, 2.45) is 7.05 Å². The molecular weight excluding hydrogens is 396 g/mol. The predicted molar refractivity (Wildman–Crippen MR) is 114 cm³/mol. The molecule has 6 nitrogen and oxygen atoms in total. The third-order valence-electron chi connectivity index (χ3n) is 4.27. The molecule has 0 spiro atoms. The van der Waals surface area contributed by atoms with Crippen molar-refractivity contribution < 1.29 is 19.5 Å². The first-order chi connectivity index (χ1) is 13.4. The summed E-state index contributed by atoms with van der Waals surface area (Å²) < 4.78 is 1.86. The number of thioether (sulfide) groups is 1. The molecule has 0 aliphatic heterocycles. The van der Waals surface area contributed by atoms with Crippen LogP contribution in [-0.4, -0.2) is 38.8 Å². The van der Waals surface area contributed by atoms with Gasteiger partial charge in [-0.1, -0.05) is 25.1 Å². The lowest BCUT2D eigenvalue weighted by atomic mass is 10.1. The third-order valence-corrected chi connectivity index (χ3v) is 6.38. The van der Waals surface area contributed by atoms with Crippen LogP contribution >= 0.6 is 23.1 Å². The zero-order valence-corrected chi connectivity index (χ0v) is 17.2. The Balaban J connectivity index is 1.87. The maximum Gasteiger partial charge on any atom is 0.313 e. The standard InChI is InChI=1S/C20H20N2O4S2/c1-3-13-9-14(20(28-13)21-17(23)10-27-11-18(24)25)19(26)16-8-12-6-4-5-7-15(12)22(16)2/h4-9H,3,10-11H2,1-2H3,(H,21,23)(H,24,25). The number of anilines is 1. The Labute approximate surface area is 170 Å². The summed E-state index contributed by atoms with van der Waals surface area (Å²) in [5.74, 6) is -1.55. The van der Waals surface area contributed by atoms with Gasteiger partial charge in [-0.2, -0.15) is 0 Å². The van der Waals surface area contributed by atoms with Crippen LogP contribution in [0.5, 0.6) is 0 Å². The third kappa shape index (κ3) is 4.28. The Bertz CT molecular complexity index is 1050. The first-order valence-electron chi connectivity index (χ1n) is 8.72. The maximum atomic E-state index is 13.2. The molecule has 0 aliphatic rings. The van der Waals surface area contributed by atoms with Crippen molar-refractivity contribution in [1.82, 2.24) is 4.57 Å². The number of hydrogen-bond donors (Lipinski definition) is 2. The van der Waals surface area contributed by atoms with Crippen LogP contribution in [0.15, 0.2) is 36.4 Å². The van der Waals surface area contributed by atoms with E-state index in [1.807, 2.05) is 54.9 Å². The fourth-order valence-corrected chi connectivity index (χ4v) is 4.46. The smallest absolute Gasteiger partial charge is 0.313 e. The lowest BCUT2D eigenvalue weighted by Crippen LogP contribution is -2.17. The Morgan fingerprint density at radius 2 is 1.93 bits per heavy atom. The minimum absolute atomic E-state index is 0.0212. The number of benzene rings is 1. The number of amides is 1. The summed E-state index contributed by atoms with van der Waals surface area (Å²) in [5.41, 5.74) is 1.98. The highest BCUT2D eigenvalue weighted by molar-refractivity contribution is 8.00. The van der Waals surface area contributed by atoms with Crippen LogP contribution in [0.2, 0.25) is 0 Å². The first kappa shape index (κ1) is 20.2. The van der Waals surface area contributed by atoms with Crippen LogP contribution in [0.25, 0.3) is 10.9 Å². The molecule has 0 bridgehead atoms. The van der Waals surface area contributed by atoms with Crippen molar-refractivity contribution in [2.45, 2.75) is 13.3 Å². The lowest BCUT2D eigenvalue weighted by molar-refractivity contribution is -0.133. The van der Waals surface area contributed by atoms with E-state index in [9.17, 15) is 14.4 Å². The van der Waals surface area contributed by atoms with E-state index < -0.39 is 5.97 Å². The Morgan fingerprint density at radius 3 is 2.61 bits per heavy atom. The van der Waals surface area contributed by atoms with Crippen molar-refractivity contribution in [1.29, 1.82) is 0 Å². The van der Waals surface area contributed by atoms with Crippen molar-refractivity contribution >= 4 is 56.7 Å². The maximum absolute atomic E-state index is 13.2. The van der Waals surface area contributed by atoms with E-state index in [0.29, 0.717) is 16.3 Å². The van der Waals surface area contributed by atoms with Crippen LogP contribution in [0.4, 0.5) is 5.00 Å². The summed E-state index contributed by atoms with van der Waals surface area (Å²) in [5, 5.41) is 13.0. The normalized spacial score (nSPS) is 10.9. The van der Waals surface area contributed by atoms with Gasteiger partial charge >= 0.3 is 5.97 Å². The zero-order chi connectivity index (χ0) is 20.3. The van der Waals surface area contributed by atoms with Gasteiger partial charge in [0.25, 0.3) is 0 Å². The number of para-hydroxylation sites is 1. The molecule has 3 rings (SSSR count). The van der Waals surface area contributed by atoms with Gasteiger partial charge < -0.3 is 15.0 Å². The van der Waals surface area contributed by atoms with E-state index >= 15 is 0 Å². The van der Waals surface area contributed by atoms with Crippen LogP contribution in [0.3, 0.4) is 0 Å². The number of aliphatic carboxylic acids is 1. The fourth-order valence-electron chi connectivity index (χ4n) is 2.92. The van der Waals surface area contributed by atoms with Gasteiger partial charge in [0.05, 0.1) is 22.8 Å². The molecule has 0 aliphatic carbocycles. The monoisotopic (exact) mass is 416 g/mol. The van der Waals surface area contributed by atoms with Crippen LogP contribution in [0, 0.1) is 0 Å². The highest BCUT2D eigenvalue weighted by Gasteiger charge is 2.22. The summed E-state index contributed by atoms with van der Waals surface area (Å²) in [4.78, 5) is 37.0. The molecule has 2 heterocycles. The molecule has 2 N–H and O–H groups in total. The molecule has 0 unspecified atom stereocenters. The van der Waals surface area contributed by atoms with Gasteiger partial charge in [0.2, 0.25) is 11.7 Å². The van der Waals surface area contributed by atoms with E-state index in [1.54, 1.807) is 0 Å². The number of carbonyl (C=O) groups excluding carboxylic acids is 2. The average Bonchev–Trinajstić information content (AvgIpc) is 3.22. The van der Waals surface area contributed by atoms with Gasteiger partial charge in [-0.25, -0.2) is 0 Å². The Kier molecular flexibility index (Phi) is 6.21. The number of rotatable bonds is 8. The number of aryl methyl sites for hydroxylation is 2. The van der Waals surface area contributed by atoms with E-state index in [0.717, 1.165) is 34.0 Å². The number of fused-ring (bicyclic) bond motifs is 1. The van der Waals surface area contributed by atoms with Crippen LogP contribution < -0.4 is 5.32 Å². The number of carboxylic acid groups (broad SMARTS) is 1. The van der Waals surface area contributed by atoms with E-state index in [-0.39, 0.29) is 23.2 Å². The van der Waals surface area contributed by atoms with Crippen LogP contribution in [0.1, 0.15) is 27.9 Å².